The highest BCUT2D eigenvalue weighted by atomic mass is 79.9. The molecule has 6 heteroatoms. The Kier molecular flexibility index (Phi) is 3.86. The minimum absolute atomic E-state index is 0.0539. The minimum atomic E-state index is 0.0539. The number of nitrogens with two attached hydrogens (primary N) is 1. The Morgan fingerprint density at radius 2 is 2.22 bits per heavy atom. The fourth-order valence-electron chi connectivity index (χ4n) is 1.81. The second-order valence-corrected chi connectivity index (χ2v) is 5.11. The molecule has 0 bridgehead atoms. The van der Waals surface area contributed by atoms with Crippen molar-refractivity contribution in [3.8, 4) is 0 Å². The van der Waals surface area contributed by atoms with Crippen LogP contribution in [-0.4, -0.2) is 14.3 Å². The van der Waals surface area contributed by atoms with Gasteiger partial charge in [0.25, 0.3) is 5.56 Å². The molecule has 2 heterocycles. The van der Waals surface area contributed by atoms with E-state index in [4.69, 9.17) is 5.73 Å². The van der Waals surface area contributed by atoms with Crippen LogP contribution in [0.2, 0.25) is 0 Å². The predicted octanol–water partition coefficient (Wildman–Crippen LogP) is 1.79. The van der Waals surface area contributed by atoms with Gasteiger partial charge < -0.3 is 10.3 Å². The lowest BCUT2D eigenvalue weighted by atomic mass is 10.3. The number of aromatic nitrogens is 3. The first-order chi connectivity index (χ1) is 8.56. The van der Waals surface area contributed by atoms with Gasteiger partial charge in [-0.2, -0.15) is 5.10 Å². The van der Waals surface area contributed by atoms with Crippen LogP contribution in [0.15, 0.2) is 33.8 Å². The van der Waals surface area contributed by atoms with Crippen molar-refractivity contribution in [1.82, 2.24) is 14.3 Å². The van der Waals surface area contributed by atoms with Crippen LogP contribution in [0.5, 0.6) is 0 Å². The fraction of sp³-hybridized carbons (Fsp3) is 0.333. The summed E-state index contributed by atoms with van der Waals surface area (Å²) in [5.74, 6) is 0.519. The van der Waals surface area contributed by atoms with Gasteiger partial charge >= 0.3 is 0 Å². The molecule has 0 atom stereocenters. The molecule has 0 aliphatic heterocycles. The van der Waals surface area contributed by atoms with Gasteiger partial charge in [-0.05, 0) is 41.4 Å². The molecule has 0 aromatic carbocycles. The Balaban J connectivity index is 2.00. The van der Waals surface area contributed by atoms with Crippen molar-refractivity contribution in [3.63, 3.8) is 0 Å². The Hall–Kier alpha value is -1.56. The molecule has 2 N–H and O–H groups in total. The largest absolute Gasteiger partial charge is 0.382 e. The molecule has 0 unspecified atom stereocenters. The molecule has 0 amide bonds. The summed E-state index contributed by atoms with van der Waals surface area (Å²) < 4.78 is 4.42. The normalized spacial score (nSPS) is 10.8. The van der Waals surface area contributed by atoms with E-state index in [9.17, 15) is 4.79 Å². The van der Waals surface area contributed by atoms with Crippen LogP contribution in [0.4, 0.5) is 5.82 Å². The van der Waals surface area contributed by atoms with Crippen LogP contribution >= 0.6 is 15.9 Å². The van der Waals surface area contributed by atoms with Crippen LogP contribution in [0.1, 0.15) is 12.0 Å². The van der Waals surface area contributed by atoms with Crippen LogP contribution in [0.25, 0.3) is 0 Å². The maximum atomic E-state index is 11.9. The molecule has 2 aromatic heterocycles. The lowest BCUT2D eigenvalue weighted by Gasteiger charge is -2.07. The van der Waals surface area contributed by atoms with Gasteiger partial charge in [0.1, 0.15) is 5.82 Å². The third-order valence-corrected chi connectivity index (χ3v) is 3.11. The third-order valence-electron chi connectivity index (χ3n) is 2.68. The lowest BCUT2D eigenvalue weighted by Crippen LogP contribution is -2.22. The Morgan fingerprint density at radius 3 is 2.89 bits per heavy atom. The molecule has 0 spiro atoms. The van der Waals surface area contributed by atoms with Crippen molar-refractivity contribution in [2.45, 2.75) is 26.4 Å². The van der Waals surface area contributed by atoms with Gasteiger partial charge in [0, 0.05) is 35.5 Å². The van der Waals surface area contributed by atoms with Gasteiger partial charge in [-0.3, -0.25) is 9.48 Å². The average Bonchev–Trinajstić information content (AvgIpc) is 2.71. The van der Waals surface area contributed by atoms with Gasteiger partial charge in [0.2, 0.25) is 0 Å². The molecule has 0 aliphatic carbocycles. The standard InChI is InChI=1S/C12H15BrN4O/c1-9-7-10(13)8-16(12(9)18)4-2-5-17-6-3-11(14)15-17/h3,6-8H,2,4-5H2,1H3,(H2,14,15). The zero-order valence-corrected chi connectivity index (χ0v) is 11.7. The van der Waals surface area contributed by atoms with Crippen molar-refractivity contribution in [2.24, 2.45) is 0 Å². The Morgan fingerprint density at radius 1 is 1.44 bits per heavy atom. The molecule has 0 saturated carbocycles. The highest BCUT2D eigenvalue weighted by Gasteiger charge is 2.02. The topological polar surface area (TPSA) is 65.8 Å². The van der Waals surface area contributed by atoms with E-state index in [1.807, 2.05) is 25.4 Å². The SMILES string of the molecule is Cc1cc(Br)cn(CCCn2ccc(N)n2)c1=O. The molecule has 18 heavy (non-hydrogen) atoms. The smallest absolute Gasteiger partial charge is 0.253 e. The first kappa shape index (κ1) is 12.9. The zero-order valence-electron chi connectivity index (χ0n) is 10.1. The number of pyridine rings is 1. The molecular weight excluding hydrogens is 296 g/mol. The molecule has 2 rings (SSSR count). The van der Waals surface area contributed by atoms with Crippen LogP contribution in [0.3, 0.4) is 0 Å². The first-order valence-electron chi connectivity index (χ1n) is 5.72. The van der Waals surface area contributed by atoms with Crippen molar-refractivity contribution < 1.29 is 0 Å². The first-order valence-corrected chi connectivity index (χ1v) is 6.51. The van der Waals surface area contributed by atoms with E-state index >= 15 is 0 Å². The maximum absolute atomic E-state index is 11.9. The number of aryl methyl sites for hydroxylation is 3. The number of rotatable bonds is 4. The summed E-state index contributed by atoms with van der Waals surface area (Å²) in [4.78, 5) is 11.9. The van der Waals surface area contributed by atoms with Crippen molar-refractivity contribution in [3.05, 3.63) is 44.9 Å². The average molecular weight is 311 g/mol. The molecule has 0 saturated heterocycles. The van der Waals surface area contributed by atoms with E-state index in [2.05, 4.69) is 21.0 Å². The Labute approximate surface area is 113 Å². The number of nitrogens with zero attached hydrogens (tertiary/aromatic N) is 3. The molecule has 0 radical (unpaired) electrons. The molecule has 0 fully saturated rings. The van der Waals surface area contributed by atoms with Gasteiger partial charge in [0.15, 0.2) is 0 Å². The minimum Gasteiger partial charge on any atom is -0.382 e. The van der Waals surface area contributed by atoms with E-state index in [-0.39, 0.29) is 5.56 Å². The molecular formula is C12H15BrN4O. The van der Waals surface area contributed by atoms with E-state index < -0.39 is 0 Å². The highest BCUT2D eigenvalue weighted by molar-refractivity contribution is 9.10. The summed E-state index contributed by atoms with van der Waals surface area (Å²) in [6.45, 7) is 3.23. The second-order valence-electron chi connectivity index (χ2n) is 4.20. The van der Waals surface area contributed by atoms with Crippen LogP contribution < -0.4 is 11.3 Å². The monoisotopic (exact) mass is 310 g/mol. The summed E-state index contributed by atoms with van der Waals surface area (Å²) >= 11 is 3.39. The number of anilines is 1. The molecule has 5 nitrogen and oxygen atoms in total. The summed E-state index contributed by atoms with van der Waals surface area (Å²) in [7, 11) is 0. The van der Waals surface area contributed by atoms with Crippen LogP contribution in [-0.2, 0) is 13.1 Å². The number of hydrogen-bond donors (Lipinski definition) is 1. The van der Waals surface area contributed by atoms with E-state index in [1.165, 1.54) is 0 Å². The van der Waals surface area contributed by atoms with E-state index in [0.717, 1.165) is 23.0 Å². The van der Waals surface area contributed by atoms with Crippen molar-refractivity contribution in [1.29, 1.82) is 0 Å². The quantitative estimate of drug-likeness (QED) is 0.936. The highest BCUT2D eigenvalue weighted by Crippen LogP contribution is 2.08. The zero-order chi connectivity index (χ0) is 13.1. The molecule has 96 valence electrons. The summed E-state index contributed by atoms with van der Waals surface area (Å²) in [5, 5.41) is 4.10. The number of nitrogen functional groups attached to an aromatic ring is 1. The van der Waals surface area contributed by atoms with E-state index in [1.54, 1.807) is 15.3 Å². The maximum Gasteiger partial charge on any atom is 0.253 e. The van der Waals surface area contributed by atoms with E-state index in [0.29, 0.717) is 12.4 Å². The van der Waals surface area contributed by atoms with Gasteiger partial charge in [-0.1, -0.05) is 0 Å². The summed E-state index contributed by atoms with van der Waals surface area (Å²) in [6.07, 6.45) is 4.48. The number of halogens is 1. The van der Waals surface area contributed by atoms with Gasteiger partial charge in [-0.15, -0.1) is 0 Å². The van der Waals surface area contributed by atoms with Gasteiger partial charge in [0.05, 0.1) is 0 Å². The van der Waals surface area contributed by atoms with Gasteiger partial charge in [-0.25, -0.2) is 0 Å². The van der Waals surface area contributed by atoms with Crippen molar-refractivity contribution in [2.75, 3.05) is 5.73 Å². The lowest BCUT2D eigenvalue weighted by molar-refractivity contribution is 0.519. The number of hydrogen-bond acceptors (Lipinski definition) is 3. The fourth-order valence-corrected chi connectivity index (χ4v) is 2.40. The summed E-state index contributed by atoms with van der Waals surface area (Å²) in [6, 6.07) is 3.59. The molecule has 2 aromatic rings. The third kappa shape index (κ3) is 3.01. The van der Waals surface area contributed by atoms with Crippen LogP contribution in [0, 0.1) is 6.92 Å². The Bertz CT molecular complexity index is 602. The predicted molar refractivity (Wildman–Crippen MR) is 74.4 cm³/mol. The second kappa shape index (κ2) is 5.39. The summed E-state index contributed by atoms with van der Waals surface area (Å²) in [5.41, 5.74) is 6.33. The van der Waals surface area contributed by atoms with Crippen molar-refractivity contribution >= 4 is 21.7 Å². The molecule has 0 aliphatic rings.